The lowest BCUT2D eigenvalue weighted by Gasteiger charge is -2.34. The lowest BCUT2D eigenvalue weighted by molar-refractivity contribution is -0.870. The van der Waals surface area contributed by atoms with Crippen molar-refractivity contribution >= 4 is 16.1 Å². The highest BCUT2D eigenvalue weighted by atomic mass is 28.4. The van der Waals surface area contributed by atoms with E-state index in [4.69, 9.17) is 0 Å². The van der Waals surface area contributed by atoms with Crippen molar-refractivity contribution in [2.75, 3.05) is 55.4 Å². The van der Waals surface area contributed by atoms with Crippen LogP contribution in [0.25, 0.3) is 0 Å². The summed E-state index contributed by atoms with van der Waals surface area (Å²) in [7, 11) is 11.9. The highest BCUT2D eigenvalue weighted by molar-refractivity contribution is 6.95. The molecule has 0 unspecified atom stereocenters. The quantitative estimate of drug-likeness (QED) is 0.417. The number of hydrogen-bond donors (Lipinski definition) is 0. The van der Waals surface area contributed by atoms with E-state index in [-0.39, 0.29) is 0 Å². The molecule has 0 amide bonds. The zero-order chi connectivity index (χ0) is 16.9. The zero-order valence-corrected chi connectivity index (χ0v) is 18.8. The Labute approximate surface area is 137 Å². The first-order chi connectivity index (χ1) is 9.12. The van der Waals surface area contributed by atoms with Gasteiger partial charge in [0.05, 0.1) is 55.4 Å². The molecule has 0 aromatic rings. The van der Waals surface area contributed by atoms with E-state index in [1.54, 1.807) is 5.67 Å². The summed E-state index contributed by atoms with van der Waals surface area (Å²) in [5, 5.41) is 0. The van der Waals surface area contributed by atoms with Crippen LogP contribution in [0.4, 0.5) is 0 Å². The molecular formula is C17H44N2Si2+2. The molecule has 0 aliphatic heterocycles. The fourth-order valence-corrected chi connectivity index (χ4v) is 17.5. The van der Waals surface area contributed by atoms with Crippen LogP contribution < -0.4 is 0 Å². The van der Waals surface area contributed by atoms with Crippen LogP contribution in [-0.4, -0.2) is 80.5 Å². The number of rotatable bonds is 10. The normalized spacial score (nSPS) is 14.6. The molecule has 2 nitrogen and oxygen atoms in total. The highest BCUT2D eigenvalue weighted by Crippen LogP contribution is 2.28. The molecule has 0 aliphatic carbocycles. The van der Waals surface area contributed by atoms with Gasteiger partial charge in [0.25, 0.3) is 0 Å². The van der Waals surface area contributed by atoms with Crippen LogP contribution >= 0.6 is 0 Å². The van der Waals surface area contributed by atoms with Gasteiger partial charge in [-0.2, -0.15) is 0 Å². The average Bonchev–Trinajstić information content (AvgIpc) is 2.09. The first-order valence-corrected chi connectivity index (χ1v) is 15.6. The first-order valence-electron chi connectivity index (χ1n) is 8.73. The second-order valence-corrected chi connectivity index (χ2v) is 21.8. The van der Waals surface area contributed by atoms with Crippen molar-refractivity contribution in [2.24, 2.45) is 0 Å². The molecule has 4 heteroatoms. The molecule has 21 heavy (non-hydrogen) atoms. The van der Waals surface area contributed by atoms with Gasteiger partial charge in [-0.25, -0.2) is 0 Å². The van der Waals surface area contributed by atoms with E-state index in [1.165, 1.54) is 38.0 Å². The lowest BCUT2D eigenvalue weighted by Crippen LogP contribution is -2.42. The maximum atomic E-state index is 2.64. The molecule has 0 saturated heterocycles. The molecule has 0 aliphatic rings. The van der Waals surface area contributed by atoms with Gasteiger partial charge in [-0.05, 0) is 12.8 Å². The van der Waals surface area contributed by atoms with E-state index < -0.39 is 16.1 Å². The minimum absolute atomic E-state index is 0.988. The predicted molar refractivity (Wildman–Crippen MR) is 104 cm³/mol. The Hall–Kier alpha value is 0.354. The van der Waals surface area contributed by atoms with Crippen LogP contribution in [0, 0.1) is 0 Å². The minimum Gasteiger partial charge on any atom is -0.331 e. The smallest absolute Gasteiger partial charge is 0.0777 e. The molecule has 0 aromatic carbocycles. The molecule has 0 radical (unpaired) electrons. The third-order valence-electron chi connectivity index (χ3n) is 4.32. The summed E-state index contributed by atoms with van der Waals surface area (Å²) >= 11 is 0. The Morgan fingerprint density at radius 1 is 0.571 bits per heavy atom. The molecule has 0 atom stereocenters. The molecule has 0 rings (SSSR count). The van der Waals surface area contributed by atoms with Gasteiger partial charge in [0.1, 0.15) is 0 Å². The van der Waals surface area contributed by atoms with E-state index in [0.29, 0.717) is 0 Å². The second-order valence-electron chi connectivity index (χ2n) is 10.7. The fraction of sp³-hybridized carbons (Fsp3) is 1.00. The summed E-state index contributed by atoms with van der Waals surface area (Å²) in [6, 6.07) is 3.04. The topological polar surface area (TPSA) is 0 Å². The van der Waals surface area contributed by atoms with Crippen LogP contribution in [0.3, 0.4) is 0 Å². The fourth-order valence-electron chi connectivity index (χ4n) is 3.54. The van der Waals surface area contributed by atoms with Crippen LogP contribution in [0.2, 0.25) is 43.9 Å². The van der Waals surface area contributed by atoms with Crippen LogP contribution in [0.1, 0.15) is 12.8 Å². The first kappa shape index (κ1) is 21.4. The Morgan fingerprint density at radius 2 is 0.857 bits per heavy atom. The van der Waals surface area contributed by atoms with Gasteiger partial charge >= 0.3 is 0 Å². The van der Waals surface area contributed by atoms with Crippen molar-refractivity contribution in [3.63, 3.8) is 0 Å². The second kappa shape index (κ2) is 7.76. The Kier molecular flexibility index (Phi) is 7.89. The lowest BCUT2D eigenvalue weighted by atomic mass is 10.4. The molecule has 0 bridgehead atoms. The number of nitrogens with zero attached hydrogens (tertiary/aromatic N) is 2. The van der Waals surface area contributed by atoms with E-state index in [2.05, 4.69) is 68.5 Å². The standard InChI is InChI=1S/C17H44N2Si2/c1-18(2,3)13-11-15-20(7,8)17-21(9,10)16-12-14-19(4,5)6/h11-17H2,1-10H3/q+2. The van der Waals surface area contributed by atoms with Gasteiger partial charge in [0.15, 0.2) is 0 Å². The maximum Gasteiger partial charge on any atom is 0.0777 e. The van der Waals surface area contributed by atoms with Gasteiger partial charge < -0.3 is 8.97 Å². The maximum absolute atomic E-state index is 2.64. The van der Waals surface area contributed by atoms with Gasteiger partial charge in [0, 0.05) is 16.1 Å². The van der Waals surface area contributed by atoms with E-state index in [1.807, 2.05) is 0 Å². The molecule has 128 valence electrons. The van der Waals surface area contributed by atoms with Crippen LogP contribution in [0.5, 0.6) is 0 Å². The Bertz CT molecular complexity index is 269. The highest BCUT2D eigenvalue weighted by Gasteiger charge is 2.32. The number of hydrogen-bond acceptors (Lipinski definition) is 0. The summed E-state index contributed by atoms with van der Waals surface area (Å²) in [6.45, 7) is 13.2. The molecule has 0 heterocycles. The summed E-state index contributed by atoms with van der Waals surface area (Å²) < 4.78 is 2.24. The van der Waals surface area contributed by atoms with E-state index in [0.717, 1.165) is 8.97 Å². The predicted octanol–water partition coefficient (Wildman–Crippen LogP) is 4.14. The van der Waals surface area contributed by atoms with Crippen molar-refractivity contribution in [2.45, 2.75) is 56.8 Å². The Balaban J connectivity index is 4.21. The van der Waals surface area contributed by atoms with Crippen molar-refractivity contribution < 1.29 is 8.97 Å². The molecule has 0 aromatic heterocycles. The molecule has 0 fully saturated rings. The summed E-state index contributed by atoms with van der Waals surface area (Å²) in [5.41, 5.74) is 1.62. The Morgan fingerprint density at radius 3 is 1.10 bits per heavy atom. The van der Waals surface area contributed by atoms with E-state index >= 15 is 0 Å². The summed E-state index contributed by atoms with van der Waals surface area (Å²) in [6.07, 6.45) is 2.85. The van der Waals surface area contributed by atoms with Crippen molar-refractivity contribution in [1.82, 2.24) is 0 Å². The molecular weight excluding hydrogens is 288 g/mol. The molecule has 0 spiro atoms. The SMILES string of the molecule is C[N+](C)(C)CCC[Si](C)(C)C[Si](C)(C)CCC[N+](C)(C)C. The van der Waals surface area contributed by atoms with Gasteiger partial charge in [-0.15, -0.1) is 0 Å². The van der Waals surface area contributed by atoms with Crippen LogP contribution in [0.15, 0.2) is 0 Å². The van der Waals surface area contributed by atoms with Crippen LogP contribution in [-0.2, 0) is 0 Å². The average molecular weight is 333 g/mol. The zero-order valence-electron chi connectivity index (χ0n) is 16.8. The third-order valence-corrected chi connectivity index (χ3v) is 15.4. The summed E-state index contributed by atoms with van der Waals surface area (Å²) in [5.74, 6) is 0. The molecule has 0 N–H and O–H groups in total. The monoisotopic (exact) mass is 332 g/mol. The van der Waals surface area contributed by atoms with Crippen molar-refractivity contribution in [3.8, 4) is 0 Å². The largest absolute Gasteiger partial charge is 0.331 e. The van der Waals surface area contributed by atoms with Gasteiger partial charge in [-0.1, -0.05) is 43.9 Å². The van der Waals surface area contributed by atoms with E-state index in [9.17, 15) is 0 Å². The minimum atomic E-state index is -0.988. The van der Waals surface area contributed by atoms with Gasteiger partial charge in [0.2, 0.25) is 0 Å². The number of quaternary nitrogens is 2. The van der Waals surface area contributed by atoms with Crippen molar-refractivity contribution in [3.05, 3.63) is 0 Å². The molecule has 0 saturated carbocycles. The summed E-state index contributed by atoms with van der Waals surface area (Å²) in [4.78, 5) is 0. The van der Waals surface area contributed by atoms with Gasteiger partial charge in [-0.3, -0.25) is 0 Å². The third kappa shape index (κ3) is 13.7. The van der Waals surface area contributed by atoms with Crippen molar-refractivity contribution in [1.29, 1.82) is 0 Å².